The largest absolute Gasteiger partial charge is 0.463 e. The Hall–Kier alpha value is -3.30. The molecule has 0 spiro atoms. The van der Waals surface area contributed by atoms with Crippen LogP contribution in [0, 0.1) is 39.9 Å². The van der Waals surface area contributed by atoms with Crippen LogP contribution >= 0.6 is 0 Å². The van der Waals surface area contributed by atoms with Crippen LogP contribution in [0.5, 0.6) is 0 Å². The van der Waals surface area contributed by atoms with Gasteiger partial charge in [0.25, 0.3) is 0 Å². The number of hydrogen-bond donors (Lipinski definition) is 0. The first-order valence-corrected chi connectivity index (χ1v) is 27.8. The molecule has 0 aromatic carbocycles. The van der Waals surface area contributed by atoms with E-state index in [1.54, 1.807) is 0 Å². The van der Waals surface area contributed by atoms with Gasteiger partial charge in [-0.25, -0.2) is 14.4 Å². The summed E-state index contributed by atoms with van der Waals surface area (Å²) < 4.78 is 48.7. The normalized spacial score (nSPS) is 21.3. The quantitative estimate of drug-likeness (QED) is 0.0452. The highest BCUT2D eigenvalue weighted by atomic mass is 16.6. The van der Waals surface area contributed by atoms with Crippen molar-refractivity contribution < 1.29 is 71.4 Å². The molecule has 81 heavy (non-hydrogen) atoms. The van der Waals surface area contributed by atoms with Gasteiger partial charge in [0.2, 0.25) is 0 Å². The lowest BCUT2D eigenvalue weighted by Gasteiger charge is -2.60. The van der Waals surface area contributed by atoms with E-state index in [0.717, 1.165) is 95.3 Å². The van der Waals surface area contributed by atoms with Crippen LogP contribution < -0.4 is 0 Å². The lowest BCUT2D eigenvalue weighted by atomic mass is 9.49. The van der Waals surface area contributed by atoms with Crippen molar-refractivity contribution >= 4 is 35.8 Å². The summed E-state index contributed by atoms with van der Waals surface area (Å²) in [5.74, 6) is 1.11. The second-order valence-electron chi connectivity index (χ2n) is 23.4. The van der Waals surface area contributed by atoms with Gasteiger partial charge in [-0.3, -0.25) is 14.4 Å². The Labute approximate surface area is 499 Å². The molecule has 0 N–H and O–H groups in total. The van der Waals surface area contributed by atoms with Crippen LogP contribution in [0.3, 0.4) is 0 Å². The Kier molecular flexibility index (Phi) is 48.9. The molecule has 0 amide bonds. The minimum Gasteiger partial charge on any atom is -0.463 e. The lowest BCUT2D eigenvalue weighted by Crippen LogP contribution is -2.59. The molecule has 4 bridgehead atoms. The average molecular weight is 1170 g/mol. The molecule has 0 unspecified atom stereocenters. The summed E-state index contributed by atoms with van der Waals surface area (Å²) in [6.45, 7) is 24.1. The first-order valence-electron chi connectivity index (χ1n) is 27.8. The van der Waals surface area contributed by atoms with E-state index in [1.807, 2.05) is 69.2 Å². The van der Waals surface area contributed by atoms with E-state index in [0.29, 0.717) is 11.8 Å². The molecule has 488 valence electrons. The van der Waals surface area contributed by atoms with Crippen LogP contribution in [0.25, 0.3) is 0 Å². The van der Waals surface area contributed by atoms with Crippen molar-refractivity contribution in [2.24, 2.45) is 39.9 Å². The number of ether oxygens (including phenoxy) is 9. The van der Waals surface area contributed by atoms with Gasteiger partial charge in [-0.05, 0) is 188 Å². The molecule has 6 aliphatic rings. The van der Waals surface area contributed by atoms with Gasteiger partial charge < -0.3 is 42.6 Å². The Bertz CT molecular complexity index is 1660. The zero-order valence-corrected chi connectivity index (χ0v) is 46.9. The minimum atomic E-state index is -0.480. The topological polar surface area (TPSA) is 185 Å². The second kappa shape index (κ2) is 43.3. The maximum absolute atomic E-state index is 12.4. The number of carbonyl (C=O) groups is 6. The van der Waals surface area contributed by atoms with Crippen LogP contribution in [-0.4, -0.2) is 112 Å². The molecular formula is C66H134O15. The molecule has 6 aliphatic carbocycles. The van der Waals surface area contributed by atoms with E-state index in [4.69, 9.17) is 42.6 Å². The zero-order valence-electron chi connectivity index (χ0n) is 46.9. The monoisotopic (exact) mass is 1170 g/mol. The molecule has 0 saturated heterocycles. The van der Waals surface area contributed by atoms with Gasteiger partial charge in [0.1, 0.15) is 56.4 Å². The van der Waals surface area contributed by atoms with Crippen LogP contribution in [-0.2, 0) is 71.4 Å². The summed E-state index contributed by atoms with van der Waals surface area (Å²) >= 11 is 0. The molecule has 0 heterocycles. The van der Waals surface area contributed by atoms with Gasteiger partial charge in [0, 0.05) is 0 Å². The first kappa shape index (κ1) is 91.4. The predicted molar refractivity (Wildman–Crippen MR) is 334 cm³/mol. The van der Waals surface area contributed by atoms with E-state index in [9.17, 15) is 28.8 Å². The average Bonchev–Trinajstić information content (AvgIpc) is 3.35. The van der Waals surface area contributed by atoms with Crippen molar-refractivity contribution in [1.29, 1.82) is 0 Å². The van der Waals surface area contributed by atoms with Crippen LogP contribution in [0.15, 0.2) is 0 Å². The second-order valence-corrected chi connectivity index (χ2v) is 23.4. The summed E-state index contributed by atoms with van der Waals surface area (Å²) in [6, 6.07) is 0. The van der Waals surface area contributed by atoms with Crippen molar-refractivity contribution in [1.82, 2.24) is 0 Å². The number of hydrogen-bond acceptors (Lipinski definition) is 15. The molecule has 0 atom stereocenters. The van der Waals surface area contributed by atoms with Crippen molar-refractivity contribution in [3.8, 4) is 0 Å². The summed E-state index contributed by atoms with van der Waals surface area (Å²) in [4.78, 5) is 71.5. The van der Waals surface area contributed by atoms with E-state index in [-0.39, 0.29) is 179 Å². The van der Waals surface area contributed by atoms with E-state index in [1.165, 1.54) is 44.9 Å². The summed E-state index contributed by atoms with van der Waals surface area (Å²) in [7, 11) is 0. The van der Waals surface area contributed by atoms with Crippen molar-refractivity contribution in [2.75, 3.05) is 59.5 Å². The van der Waals surface area contributed by atoms with Gasteiger partial charge >= 0.3 is 35.8 Å². The fraction of sp³-hybridized carbons (Fsp3) is 0.909. The van der Waals surface area contributed by atoms with Crippen LogP contribution in [0.1, 0.15) is 278 Å². The van der Waals surface area contributed by atoms with E-state index >= 15 is 0 Å². The van der Waals surface area contributed by atoms with E-state index in [2.05, 4.69) is 13.8 Å². The lowest BCUT2D eigenvalue weighted by molar-refractivity contribution is -0.214. The maximum atomic E-state index is 12.4. The Morgan fingerprint density at radius 3 is 1.01 bits per heavy atom. The molecule has 15 nitrogen and oxygen atoms in total. The predicted octanol–water partition coefficient (Wildman–Crippen LogP) is 16.7. The fourth-order valence-electron chi connectivity index (χ4n) is 10.8. The minimum absolute atomic E-state index is 0. The van der Waals surface area contributed by atoms with Gasteiger partial charge in [0.05, 0.1) is 36.1 Å². The molecule has 0 aromatic heterocycles. The first-order chi connectivity index (χ1) is 33.9. The van der Waals surface area contributed by atoms with Crippen molar-refractivity contribution in [3.63, 3.8) is 0 Å². The van der Waals surface area contributed by atoms with Gasteiger partial charge in [-0.15, -0.1) is 0 Å². The molecule has 6 saturated carbocycles. The molecule has 6 fully saturated rings. The highest BCUT2D eigenvalue weighted by Crippen LogP contribution is 2.60. The fourth-order valence-corrected chi connectivity index (χ4v) is 10.8. The number of carbonyl (C=O) groups excluding carboxylic acids is 6. The summed E-state index contributed by atoms with van der Waals surface area (Å²) in [6.07, 6.45) is 20.8. The zero-order chi connectivity index (χ0) is 53.6. The highest BCUT2D eigenvalue weighted by molar-refractivity contribution is 5.77. The molecular weight excluding hydrogens is 1030 g/mol. The van der Waals surface area contributed by atoms with Crippen molar-refractivity contribution in [3.05, 3.63) is 0 Å². The molecule has 0 aromatic rings. The highest BCUT2D eigenvalue weighted by Gasteiger charge is 2.58. The third-order valence-corrected chi connectivity index (χ3v) is 16.7. The Balaban J connectivity index is -0.000000193. The molecule has 6 rings (SSSR count). The van der Waals surface area contributed by atoms with Crippen LogP contribution in [0.4, 0.5) is 0 Å². The van der Waals surface area contributed by atoms with Gasteiger partial charge in [-0.2, -0.15) is 0 Å². The van der Waals surface area contributed by atoms with Crippen LogP contribution in [0.2, 0.25) is 0 Å². The molecule has 15 heteroatoms. The standard InChI is InChI=1S/C22H36O5.C18H32O5.C17H30O5.9CH4/c1-5-21(3,4)20(24)26-8-7-25-14-19(23)27-22(6-2)17-10-15-9-16(12-17)13-18(22)11-15;1-5-17(3,4)16(20)22-13-12-21-14-15(19)23-18(6-2)10-8-7-9-11-18;1-5-16(2,3)15(19)21-12-11-20-13-14(18)22-17(4)9-7-6-8-10-17;;;;;;;;;/h15-18H,5-14H2,1-4H3;5-14H2,1-4H3;5-13H2,1-4H3;9*1H4. The number of rotatable bonds is 26. The summed E-state index contributed by atoms with van der Waals surface area (Å²) in [5.41, 5.74) is -2.34. The Morgan fingerprint density at radius 2 is 0.704 bits per heavy atom. The smallest absolute Gasteiger partial charge is 0.332 e. The van der Waals surface area contributed by atoms with Gasteiger partial charge in [-0.1, -0.05) is 114 Å². The number of esters is 6. The maximum Gasteiger partial charge on any atom is 0.332 e. The Morgan fingerprint density at radius 1 is 0.395 bits per heavy atom. The SMILES string of the molecule is C.C.C.C.C.C.C.C.C.CCC(C)(C)C(=O)OCCOCC(=O)OC1(C)CCCCC1.CCC(C)(C)C(=O)OCCOCC(=O)OC1(CC)C2CC3CC(C2)CC1C3.CCC1(OC(=O)COCCOC(=O)C(C)(C)CC)CCCCC1. The summed E-state index contributed by atoms with van der Waals surface area (Å²) in [5, 5.41) is 0. The van der Waals surface area contributed by atoms with E-state index < -0.39 is 16.2 Å². The third-order valence-electron chi connectivity index (χ3n) is 16.7. The third kappa shape index (κ3) is 29.4. The molecule has 0 aliphatic heterocycles. The van der Waals surface area contributed by atoms with Gasteiger partial charge in [0.15, 0.2) is 0 Å². The van der Waals surface area contributed by atoms with Crippen molar-refractivity contribution in [2.45, 2.75) is 295 Å². The molecule has 0 radical (unpaired) electrons.